The molecule has 0 amide bonds. The molecule has 4 heteroatoms. The summed E-state index contributed by atoms with van der Waals surface area (Å²) in [5.41, 5.74) is 6.23. The van der Waals surface area contributed by atoms with Crippen molar-refractivity contribution in [2.75, 3.05) is 17.6 Å². The highest BCUT2D eigenvalue weighted by atomic mass is 15.1. The van der Waals surface area contributed by atoms with Crippen LogP contribution in [0.3, 0.4) is 0 Å². The zero-order chi connectivity index (χ0) is 11.8. The minimum absolute atomic E-state index is 0.306. The van der Waals surface area contributed by atoms with Crippen molar-refractivity contribution in [3.8, 4) is 0 Å². The molecule has 0 saturated heterocycles. The molecule has 0 aliphatic heterocycles. The van der Waals surface area contributed by atoms with Crippen molar-refractivity contribution in [1.29, 1.82) is 0 Å². The van der Waals surface area contributed by atoms with Crippen LogP contribution in [0.25, 0.3) is 0 Å². The minimum atomic E-state index is 0.306. The van der Waals surface area contributed by atoms with Crippen LogP contribution in [-0.2, 0) is 0 Å². The van der Waals surface area contributed by atoms with Crippen LogP contribution in [0.2, 0.25) is 0 Å². The van der Waals surface area contributed by atoms with Gasteiger partial charge >= 0.3 is 0 Å². The van der Waals surface area contributed by atoms with Gasteiger partial charge in [0, 0.05) is 18.5 Å². The van der Waals surface area contributed by atoms with E-state index in [2.05, 4.69) is 36.1 Å². The van der Waals surface area contributed by atoms with Crippen LogP contribution in [-0.4, -0.2) is 16.5 Å². The molecule has 0 bridgehead atoms. The van der Waals surface area contributed by atoms with Gasteiger partial charge in [0.25, 0.3) is 0 Å². The molecular weight excluding hydrogens is 200 g/mol. The van der Waals surface area contributed by atoms with Crippen LogP contribution in [0, 0.1) is 5.41 Å². The second-order valence-corrected chi connectivity index (χ2v) is 5.36. The molecule has 88 valence electrons. The molecule has 0 radical (unpaired) electrons. The summed E-state index contributed by atoms with van der Waals surface area (Å²) in [6, 6.07) is 1.80. The lowest BCUT2D eigenvalue weighted by Gasteiger charge is -2.12. The lowest BCUT2D eigenvalue weighted by Crippen LogP contribution is -2.14. The molecule has 1 fully saturated rings. The van der Waals surface area contributed by atoms with Gasteiger partial charge in [-0.25, -0.2) is 9.97 Å². The van der Waals surface area contributed by atoms with E-state index in [1.54, 1.807) is 6.07 Å². The van der Waals surface area contributed by atoms with Crippen molar-refractivity contribution < 1.29 is 0 Å². The van der Waals surface area contributed by atoms with E-state index in [-0.39, 0.29) is 0 Å². The number of nitrogens with two attached hydrogens (primary N) is 1. The molecule has 1 saturated carbocycles. The predicted molar refractivity (Wildman–Crippen MR) is 66.4 cm³/mol. The summed E-state index contributed by atoms with van der Waals surface area (Å²) in [5.74, 6) is 2.51. The van der Waals surface area contributed by atoms with Gasteiger partial charge in [0.05, 0.1) is 0 Å². The quantitative estimate of drug-likeness (QED) is 0.817. The molecule has 0 spiro atoms. The molecule has 4 nitrogen and oxygen atoms in total. The molecule has 1 aliphatic carbocycles. The van der Waals surface area contributed by atoms with E-state index < -0.39 is 0 Å². The van der Waals surface area contributed by atoms with Crippen LogP contribution < -0.4 is 11.1 Å². The Kier molecular flexibility index (Phi) is 2.74. The van der Waals surface area contributed by atoms with E-state index in [9.17, 15) is 0 Å². The zero-order valence-electron chi connectivity index (χ0n) is 10.2. The monoisotopic (exact) mass is 220 g/mol. The Morgan fingerprint density at radius 1 is 1.44 bits per heavy atom. The third-order valence-electron chi connectivity index (χ3n) is 3.08. The molecule has 16 heavy (non-hydrogen) atoms. The topological polar surface area (TPSA) is 63.8 Å². The van der Waals surface area contributed by atoms with Gasteiger partial charge in [0.15, 0.2) is 0 Å². The second kappa shape index (κ2) is 3.92. The van der Waals surface area contributed by atoms with Gasteiger partial charge in [-0.15, -0.1) is 0 Å². The third-order valence-corrected chi connectivity index (χ3v) is 3.08. The van der Waals surface area contributed by atoms with Crippen molar-refractivity contribution in [2.24, 2.45) is 5.41 Å². The van der Waals surface area contributed by atoms with Gasteiger partial charge in [-0.3, -0.25) is 0 Å². The Hall–Kier alpha value is -1.32. The normalized spacial score (nSPS) is 17.5. The first kappa shape index (κ1) is 11.2. The lowest BCUT2D eigenvalue weighted by molar-refractivity contribution is 0.608. The maximum Gasteiger partial charge on any atom is 0.135 e. The molecule has 0 unspecified atom stereocenters. The van der Waals surface area contributed by atoms with Crippen LogP contribution in [0.4, 0.5) is 11.6 Å². The van der Waals surface area contributed by atoms with Crippen LogP contribution in [0.15, 0.2) is 6.07 Å². The smallest absolute Gasteiger partial charge is 0.135 e. The maximum absolute atomic E-state index is 5.76. The number of aromatic nitrogens is 2. The SMILES string of the molecule is CC(C)c1nc(N)cc(NCC2(C)CC2)n1. The molecule has 2 rings (SSSR count). The van der Waals surface area contributed by atoms with Gasteiger partial charge < -0.3 is 11.1 Å². The third kappa shape index (κ3) is 2.62. The first-order valence-corrected chi connectivity index (χ1v) is 5.87. The number of nitrogens with zero attached hydrogens (tertiary/aromatic N) is 2. The Morgan fingerprint density at radius 2 is 2.12 bits per heavy atom. The average Bonchev–Trinajstić information content (AvgIpc) is 2.94. The van der Waals surface area contributed by atoms with Gasteiger partial charge in [0.2, 0.25) is 0 Å². The molecule has 0 aromatic carbocycles. The number of nitrogen functional groups attached to an aromatic ring is 1. The zero-order valence-corrected chi connectivity index (χ0v) is 10.2. The standard InChI is InChI=1S/C12H20N4/c1-8(2)11-15-9(13)6-10(16-11)14-7-12(3)4-5-12/h6,8H,4-5,7H2,1-3H3,(H3,13,14,15,16). The summed E-state index contributed by atoms with van der Waals surface area (Å²) in [4.78, 5) is 8.68. The molecule has 1 aromatic rings. The predicted octanol–water partition coefficient (Wildman–Crippen LogP) is 2.39. The summed E-state index contributed by atoms with van der Waals surface area (Å²) in [6.45, 7) is 7.40. The number of hydrogen-bond donors (Lipinski definition) is 2. The van der Waals surface area contributed by atoms with Crippen molar-refractivity contribution in [3.05, 3.63) is 11.9 Å². The summed E-state index contributed by atoms with van der Waals surface area (Å²) in [7, 11) is 0. The molecule has 0 atom stereocenters. The first-order valence-electron chi connectivity index (χ1n) is 5.87. The van der Waals surface area contributed by atoms with Crippen LogP contribution in [0.1, 0.15) is 45.4 Å². The second-order valence-electron chi connectivity index (χ2n) is 5.36. The fourth-order valence-corrected chi connectivity index (χ4v) is 1.53. The fourth-order valence-electron chi connectivity index (χ4n) is 1.53. The molecule has 3 N–H and O–H groups in total. The number of hydrogen-bond acceptors (Lipinski definition) is 4. The molecular formula is C12H20N4. The fraction of sp³-hybridized carbons (Fsp3) is 0.667. The highest BCUT2D eigenvalue weighted by Crippen LogP contribution is 2.44. The van der Waals surface area contributed by atoms with Crippen LogP contribution in [0.5, 0.6) is 0 Å². The van der Waals surface area contributed by atoms with E-state index in [4.69, 9.17) is 5.73 Å². The number of rotatable bonds is 4. The van der Waals surface area contributed by atoms with Crippen molar-refractivity contribution in [2.45, 2.75) is 39.5 Å². The average molecular weight is 220 g/mol. The molecule has 1 heterocycles. The van der Waals surface area contributed by atoms with Crippen molar-refractivity contribution in [1.82, 2.24) is 9.97 Å². The highest BCUT2D eigenvalue weighted by Gasteiger charge is 2.36. The van der Waals surface area contributed by atoms with Gasteiger partial charge in [0.1, 0.15) is 17.5 Å². The van der Waals surface area contributed by atoms with Crippen molar-refractivity contribution in [3.63, 3.8) is 0 Å². The Morgan fingerprint density at radius 3 is 2.69 bits per heavy atom. The van der Waals surface area contributed by atoms with E-state index in [1.807, 2.05) is 0 Å². The Balaban J connectivity index is 2.07. The summed E-state index contributed by atoms with van der Waals surface area (Å²) < 4.78 is 0. The van der Waals surface area contributed by atoms with Gasteiger partial charge in [-0.2, -0.15) is 0 Å². The van der Waals surface area contributed by atoms with Gasteiger partial charge in [-0.1, -0.05) is 20.8 Å². The highest BCUT2D eigenvalue weighted by molar-refractivity contribution is 5.45. The van der Waals surface area contributed by atoms with E-state index >= 15 is 0 Å². The van der Waals surface area contributed by atoms with Crippen molar-refractivity contribution >= 4 is 11.6 Å². The summed E-state index contributed by atoms with van der Waals surface area (Å²) >= 11 is 0. The molecule has 1 aliphatic rings. The minimum Gasteiger partial charge on any atom is -0.384 e. The van der Waals surface area contributed by atoms with E-state index in [0.717, 1.165) is 18.2 Å². The summed E-state index contributed by atoms with van der Waals surface area (Å²) in [5, 5.41) is 3.35. The van der Waals surface area contributed by atoms with Gasteiger partial charge in [-0.05, 0) is 18.3 Å². The lowest BCUT2D eigenvalue weighted by atomic mass is 10.1. The number of nitrogens with one attached hydrogen (secondary N) is 1. The largest absolute Gasteiger partial charge is 0.384 e. The molecule has 1 aromatic heterocycles. The van der Waals surface area contributed by atoms with E-state index in [1.165, 1.54) is 12.8 Å². The number of anilines is 2. The Bertz CT molecular complexity index is 383. The van der Waals surface area contributed by atoms with Crippen LogP contribution >= 0.6 is 0 Å². The first-order chi connectivity index (χ1) is 7.48. The summed E-state index contributed by atoms with van der Waals surface area (Å²) in [6.07, 6.45) is 2.61. The Labute approximate surface area is 96.7 Å². The van der Waals surface area contributed by atoms with E-state index in [0.29, 0.717) is 17.2 Å². The maximum atomic E-state index is 5.76.